The van der Waals surface area contributed by atoms with Crippen molar-refractivity contribution in [2.75, 3.05) is 13.7 Å². The SMILES string of the molecule is CCN(C(=O)c1cc(C)ccc1OC)C1CCC(N)CC1. The average Bonchev–Trinajstić information content (AvgIpc) is 2.49. The predicted octanol–water partition coefficient (Wildman–Crippen LogP) is 2.74. The molecule has 2 rings (SSSR count). The van der Waals surface area contributed by atoms with Crippen molar-refractivity contribution < 1.29 is 9.53 Å². The van der Waals surface area contributed by atoms with Crippen LogP contribution in [0.4, 0.5) is 0 Å². The van der Waals surface area contributed by atoms with Crippen molar-refractivity contribution >= 4 is 5.91 Å². The first-order chi connectivity index (χ1) is 10.1. The number of ether oxygens (including phenoxy) is 1. The Bertz CT molecular complexity index is 494. The molecule has 1 aliphatic rings. The van der Waals surface area contributed by atoms with E-state index in [4.69, 9.17) is 10.5 Å². The largest absolute Gasteiger partial charge is 0.496 e. The molecule has 1 fully saturated rings. The highest BCUT2D eigenvalue weighted by Gasteiger charge is 2.28. The number of aryl methyl sites for hydroxylation is 1. The fourth-order valence-electron chi connectivity index (χ4n) is 3.12. The van der Waals surface area contributed by atoms with Gasteiger partial charge in [0.05, 0.1) is 12.7 Å². The van der Waals surface area contributed by atoms with E-state index in [1.807, 2.05) is 36.9 Å². The Hall–Kier alpha value is -1.55. The highest BCUT2D eigenvalue weighted by atomic mass is 16.5. The molecule has 0 aliphatic heterocycles. The van der Waals surface area contributed by atoms with Gasteiger partial charge in [-0.05, 0) is 51.7 Å². The molecule has 1 aliphatic carbocycles. The Kier molecular flexibility index (Phi) is 5.23. The quantitative estimate of drug-likeness (QED) is 0.927. The van der Waals surface area contributed by atoms with Crippen molar-refractivity contribution in [1.29, 1.82) is 0 Å². The van der Waals surface area contributed by atoms with Gasteiger partial charge < -0.3 is 15.4 Å². The molecule has 2 N–H and O–H groups in total. The third kappa shape index (κ3) is 3.56. The molecular weight excluding hydrogens is 264 g/mol. The smallest absolute Gasteiger partial charge is 0.257 e. The van der Waals surface area contributed by atoms with E-state index in [0.29, 0.717) is 23.4 Å². The average molecular weight is 290 g/mol. The summed E-state index contributed by atoms with van der Waals surface area (Å²) in [6.45, 7) is 4.75. The fourth-order valence-corrected chi connectivity index (χ4v) is 3.12. The van der Waals surface area contributed by atoms with E-state index in [1.54, 1.807) is 7.11 Å². The number of carbonyl (C=O) groups is 1. The maximum absolute atomic E-state index is 12.9. The summed E-state index contributed by atoms with van der Waals surface area (Å²) < 4.78 is 5.35. The Morgan fingerprint density at radius 3 is 2.57 bits per heavy atom. The Morgan fingerprint density at radius 2 is 2.00 bits per heavy atom. The van der Waals surface area contributed by atoms with Gasteiger partial charge in [0.1, 0.15) is 5.75 Å². The molecular formula is C17H26N2O2. The summed E-state index contributed by atoms with van der Waals surface area (Å²) in [6.07, 6.45) is 3.99. The van der Waals surface area contributed by atoms with E-state index in [2.05, 4.69) is 0 Å². The van der Waals surface area contributed by atoms with Gasteiger partial charge in [-0.3, -0.25) is 4.79 Å². The lowest BCUT2D eigenvalue weighted by molar-refractivity contribution is 0.0637. The minimum atomic E-state index is 0.0681. The van der Waals surface area contributed by atoms with Gasteiger partial charge in [0.25, 0.3) is 5.91 Å². The van der Waals surface area contributed by atoms with Crippen molar-refractivity contribution in [3.8, 4) is 5.75 Å². The maximum atomic E-state index is 12.9. The van der Waals surface area contributed by atoms with Crippen molar-refractivity contribution in [1.82, 2.24) is 4.90 Å². The van der Waals surface area contributed by atoms with Crippen molar-refractivity contribution in [2.24, 2.45) is 5.73 Å². The number of carbonyl (C=O) groups excluding carboxylic acids is 1. The summed E-state index contributed by atoms with van der Waals surface area (Å²) in [5, 5.41) is 0. The number of benzene rings is 1. The van der Waals surface area contributed by atoms with Gasteiger partial charge >= 0.3 is 0 Å². The third-order valence-electron chi connectivity index (χ3n) is 4.37. The molecule has 0 bridgehead atoms. The van der Waals surface area contributed by atoms with Crippen LogP contribution in [-0.4, -0.2) is 36.5 Å². The van der Waals surface area contributed by atoms with E-state index in [-0.39, 0.29) is 5.91 Å². The second kappa shape index (κ2) is 6.94. The zero-order valence-corrected chi connectivity index (χ0v) is 13.3. The number of hydrogen-bond acceptors (Lipinski definition) is 3. The molecule has 0 heterocycles. The van der Waals surface area contributed by atoms with Crippen LogP contribution >= 0.6 is 0 Å². The molecule has 1 aromatic carbocycles. The fraction of sp³-hybridized carbons (Fsp3) is 0.588. The van der Waals surface area contributed by atoms with Crippen LogP contribution < -0.4 is 10.5 Å². The molecule has 1 amide bonds. The minimum Gasteiger partial charge on any atom is -0.496 e. The van der Waals surface area contributed by atoms with Crippen molar-refractivity contribution in [3.63, 3.8) is 0 Å². The van der Waals surface area contributed by atoms with Crippen LogP contribution in [0, 0.1) is 6.92 Å². The lowest BCUT2D eigenvalue weighted by atomic mass is 9.90. The molecule has 0 unspecified atom stereocenters. The zero-order chi connectivity index (χ0) is 15.4. The molecule has 0 saturated heterocycles. The Balaban J connectivity index is 2.22. The van der Waals surface area contributed by atoms with Crippen LogP contribution in [0.25, 0.3) is 0 Å². The molecule has 4 nitrogen and oxygen atoms in total. The summed E-state index contributed by atoms with van der Waals surface area (Å²) >= 11 is 0. The maximum Gasteiger partial charge on any atom is 0.257 e. The monoisotopic (exact) mass is 290 g/mol. The number of methoxy groups -OCH3 is 1. The van der Waals surface area contributed by atoms with E-state index in [0.717, 1.165) is 37.8 Å². The van der Waals surface area contributed by atoms with Crippen LogP contribution in [0.1, 0.15) is 48.5 Å². The standard InChI is InChI=1S/C17H26N2O2/c1-4-19(14-8-6-13(18)7-9-14)17(20)15-11-12(2)5-10-16(15)21-3/h5,10-11,13-14H,4,6-9,18H2,1-3H3. The first-order valence-corrected chi connectivity index (χ1v) is 7.78. The highest BCUT2D eigenvalue weighted by molar-refractivity contribution is 5.97. The number of rotatable bonds is 4. The second-order valence-electron chi connectivity index (χ2n) is 5.86. The van der Waals surface area contributed by atoms with Crippen LogP contribution in [0.3, 0.4) is 0 Å². The van der Waals surface area contributed by atoms with Gasteiger partial charge in [-0.2, -0.15) is 0 Å². The summed E-state index contributed by atoms with van der Waals surface area (Å²) in [4.78, 5) is 14.9. The van der Waals surface area contributed by atoms with E-state index in [9.17, 15) is 4.79 Å². The van der Waals surface area contributed by atoms with Crippen LogP contribution in [-0.2, 0) is 0 Å². The summed E-state index contributed by atoms with van der Waals surface area (Å²) in [5.74, 6) is 0.718. The highest BCUT2D eigenvalue weighted by Crippen LogP contribution is 2.27. The van der Waals surface area contributed by atoms with Crippen LogP contribution in [0.5, 0.6) is 5.75 Å². The molecule has 0 spiro atoms. The lowest BCUT2D eigenvalue weighted by Gasteiger charge is -2.35. The normalized spacial score (nSPS) is 21.9. The second-order valence-corrected chi connectivity index (χ2v) is 5.86. The van der Waals surface area contributed by atoms with E-state index in [1.165, 1.54) is 0 Å². The molecule has 21 heavy (non-hydrogen) atoms. The van der Waals surface area contributed by atoms with E-state index < -0.39 is 0 Å². The number of amides is 1. The molecule has 1 saturated carbocycles. The summed E-state index contributed by atoms with van der Waals surface area (Å²) in [6, 6.07) is 6.34. The van der Waals surface area contributed by atoms with Gasteiger partial charge in [-0.15, -0.1) is 0 Å². The first-order valence-electron chi connectivity index (χ1n) is 7.78. The Morgan fingerprint density at radius 1 is 1.33 bits per heavy atom. The zero-order valence-electron chi connectivity index (χ0n) is 13.3. The van der Waals surface area contributed by atoms with Gasteiger partial charge in [0.15, 0.2) is 0 Å². The van der Waals surface area contributed by atoms with E-state index >= 15 is 0 Å². The predicted molar refractivity (Wildman–Crippen MR) is 84.7 cm³/mol. The van der Waals surface area contributed by atoms with Gasteiger partial charge in [-0.25, -0.2) is 0 Å². The van der Waals surface area contributed by atoms with Gasteiger partial charge in [-0.1, -0.05) is 11.6 Å². The third-order valence-corrected chi connectivity index (χ3v) is 4.37. The molecule has 1 aromatic rings. The van der Waals surface area contributed by atoms with Crippen molar-refractivity contribution in [2.45, 2.75) is 51.6 Å². The van der Waals surface area contributed by atoms with Gasteiger partial charge in [0, 0.05) is 18.6 Å². The number of nitrogens with zero attached hydrogens (tertiary/aromatic N) is 1. The number of hydrogen-bond donors (Lipinski definition) is 1. The topological polar surface area (TPSA) is 55.6 Å². The molecule has 0 aromatic heterocycles. The molecule has 4 heteroatoms. The van der Waals surface area contributed by atoms with Crippen LogP contribution in [0.15, 0.2) is 18.2 Å². The lowest BCUT2D eigenvalue weighted by Crippen LogP contribution is -2.44. The van der Waals surface area contributed by atoms with Crippen LogP contribution in [0.2, 0.25) is 0 Å². The Labute approximate surface area is 127 Å². The van der Waals surface area contributed by atoms with Gasteiger partial charge in [0.2, 0.25) is 0 Å². The first kappa shape index (κ1) is 15.8. The molecule has 116 valence electrons. The summed E-state index contributed by atoms with van der Waals surface area (Å²) in [5.41, 5.74) is 7.70. The minimum absolute atomic E-state index is 0.0681. The van der Waals surface area contributed by atoms with Crippen molar-refractivity contribution in [3.05, 3.63) is 29.3 Å². The molecule has 0 radical (unpaired) electrons. The number of nitrogens with two attached hydrogens (primary N) is 1. The molecule has 0 atom stereocenters. The summed E-state index contributed by atoms with van der Waals surface area (Å²) in [7, 11) is 1.61.